The molecule has 1 aliphatic rings. The third-order valence-electron chi connectivity index (χ3n) is 2.85. The molecule has 1 heterocycles. The van der Waals surface area contributed by atoms with Gasteiger partial charge in [0.25, 0.3) is 11.8 Å². The number of carbonyl (C=O) groups is 1. The first kappa shape index (κ1) is 12.3. The summed E-state index contributed by atoms with van der Waals surface area (Å²) in [6.07, 6.45) is -0.529. The Labute approximate surface area is 103 Å². The number of likely N-dealkylation sites (tertiary alicyclic amines) is 1. The minimum atomic E-state index is -2.63. The molecule has 5 heteroatoms. The third-order valence-corrected chi connectivity index (χ3v) is 3.09. The topological polar surface area (TPSA) is 20.3 Å². The quantitative estimate of drug-likeness (QED) is 0.758. The van der Waals surface area contributed by atoms with E-state index in [1.807, 2.05) is 0 Å². The second-order valence-electron chi connectivity index (χ2n) is 4.16. The number of piperidine rings is 1. The van der Waals surface area contributed by atoms with Gasteiger partial charge in [-0.15, -0.1) is 0 Å². The Morgan fingerprint density at radius 3 is 2.53 bits per heavy atom. The molecule has 0 atom stereocenters. The maximum Gasteiger partial charge on any atom is 0.253 e. The van der Waals surface area contributed by atoms with Crippen molar-refractivity contribution < 1.29 is 13.6 Å². The van der Waals surface area contributed by atoms with Crippen molar-refractivity contribution in [3.05, 3.63) is 34.9 Å². The Balaban J connectivity index is 2.07. The van der Waals surface area contributed by atoms with E-state index < -0.39 is 5.92 Å². The average molecular weight is 260 g/mol. The SMILES string of the molecule is O=C(c1cccc(Cl)c1)N1CCC(F)(F)CC1. The van der Waals surface area contributed by atoms with E-state index in [0.717, 1.165) is 0 Å². The number of amides is 1. The molecule has 0 N–H and O–H groups in total. The molecule has 0 unspecified atom stereocenters. The van der Waals surface area contributed by atoms with Crippen molar-refractivity contribution in [2.45, 2.75) is 18.8 Å². The van der Waals surface area contributed by atoms with E-state index in [-0.39, 0.29) is 31.8 Å². The fourth-order valence-electron chi connectivity index (χ4n) is 1.84. The number of benzene rings is 1. The van der Waals surface area contributed by atoms with Crippen LogP contribution >= 0.6 is 11.6 Å². The van der Waals surface area contributed by atoms with E-state index in [4.69, 9.17) is 11.6 Å². The van der Waals surface area contributed by atoms with Crippen LogP contribution in [0.5, 0.6) is 0 Å². The van der Waals surface area contributed by atoms with Crippen LogP contribution in [0.2, 0.25) is 5.02 Å². The van der Waals surface area contributed by atoms with E-state index in [1.54, 1.807) is 24.3 Å². The van der Waals surface area contributed by atoms with E-state index >= 15 is 0 Å². The first-order valence-corrected chi connectivity index (χ1v) is 5.78. The molecular weight excluding hydrogens is 248 g/mol. The summed E-state index contributed by atoms with van der Waals surface area (Å²) in [6, 6.07) is 6.54. The molecule has 0 radical (unpaired) electrons. The van der Waals surface area contributed by atoms with Crippen molar-refractivity contribution >= 4 is 17.5 Å². The predicted molar refractivity (Wildman–Crippen MR) is 61.5 cm³/mol. The Kier molecular flexibility index (Phi) is 3.33. The number of hydrogen-bond donors (Lipinski definition) is 0. The summed E-state index contributed by atoms with van der Waals surface area (Å²) in [5.74, 6) is -2.87. The highest BCUT2D eigenvalue weighted by molar-refractivity contribution is 6.30. The average Bonchev–Trinajstić information content (AvgIpc) is 2.28. The molecule has 1 fully saturated rings. The lowest BCUT2D eigenvalue weighted by Gasteiger charge is -2.31. The summed E-state index contributed by atoms with van der Waals surface area (Å²) >= 11 is 5.78. The van der Waals surface area contributed by atoms with Crippen LogP contribution in [0.3, 0.4) is 0 Å². The molecule has 1 amide bonds. The number of nitrogens with zero attached hydrogens (tertiary/aromatic N) is 1. The van der Waals surface area contributed by atoms with Crippen LogP contribution in [0.4, 0.5) is 8.78 Å². The minimum Gasteiger partial charge on any atom is -0.338 e. The Bertz CT molecular complexity index is 426. The second kappa shape index (κ2) is 4.61. The van der Waals surface area contributed by atoms with Gasteiger partial charge < -0.3 is 4.90 Å². The molecule has 0 aromatic heterocycles. The molecule has 1 saturated heterocycles. The Morgan fingerprint density at radius 1 is 1.29 bits per heavy atom. The molecule has 0 bridgehead atoms. The summed E-state index contributed by atoms with van der Waals surface area (Å²) < 4.78 is 25.9. The van der Waals surface area contributed by atoms with Gasteiger partial charge in [0.15, 0.2) is 0 Å². The van der Waals surface area contributed by atoms with E-state index in [9.17, 15) is 13.6 Å². The van der Waals surface area contributed by atoms with Crippen LogP contribution in [0.25, 0.3) is 0 Å². The van der Waals surface area contributed by atoms with Gasteiger partial charge >= 0.3 is 0 Å². The molecule has 1 aliphatic heterocycles. The van der Waals surface area contributed by atoms with Crippen LogP contribution in [-0.2, 0) is 0 Å². The lowest BCUT2D eigenvalue weighted by molar-refractivity contribution is -0.0494. The fraction of sp³-hybridized carbons (Fsp3) is 0.417. The smallest absolute Gasteiger partial charge is 0.253 e. The van der Waals surface area contributed by atoms with Gasteiger partial charge in [0.1, 0.15) is 0 Å². The summed E-state index contributed by atoms with van der Waals surface area (Å²) in [6.45, 7) is 0.191. The van der Waals surface area contributed by atoms with Crippen LogP contribution in [0, 0.1) is 0 Å². The van der Waals surface area contributed by atoms with Gasteiger partial charge in [-0.1, -0.05) is 17.7 Å². The van der Waals surface area contributed by atoms with Crippen LogP contribution in [0.1, 0.15) is 23.2 Å². The van der Waals surface area contributed by atoms with Gasteiger partial charge in [-0.3, -0.25) is 4.79 Å². The van der Waals surface area contributed by atoms with Gasteiger partial charge in [-0.2, -0.15) is 0 Å². The fourth-order valence-corrected chi connectivity index (χ4v) is 2.03. The van der Waals surface area contributed by atoms with E-state index in [0.29, 0.717) is 10.6 Å². The van der Waals surface area contributed by atoms with Crippen molar-refractivity contribution in [3.8, 4) is 0 Å². The van der Waals surface area contributed by atoms with Gasteiger partial charge in [0.2, 0.25) is 0 Å². The summed E-state index contributed by atoms with van der Waals surface area (Å²) in [4.78, 5) is 13.4. The maximum atomic E-state index is 12.9. The van der Waals surface area contributed by atoms with Gasteiger partial charge in [0, 0.05) is 36.5 Å². The number of rotatable bonds is 1. The van der Waals surface area contributed by atoms with Crippen LogP contribution in [0.15, 0.2) is 24.3 Å². The highest BCUT2D eigenvalue weighted by Gasteiger charge is 2.35. The first-order valence-electron chi connectivity index (χ1n) is 5.41. The molecule has 0 spiro atoms. The van der Waals surface area contributed by atoms with E-state index in [2.05, 4.69) is 0 Å². The molecule has 92 valence electrons. The van der Waals surface area contributed by atoms with Gasteiger partial charge in [-0.05, 0) is 18.2 Å². The molecular formula is C12H12ClF2NO. The van der Waals surface area contributed by atoms with Gasteiger partial charge in [0.05, 0.1) is 0 Å². The molecule has 1 aromatic carbocycles. The monoisotopic (exact) mass is 259 g/mol. The largest absolute Gasteiger partial charge is 0.338 e. The number of hydrogen-bond acceptors (Lipinski definition) is 1. The molecule has 2 rings (SSSR count). The van der Waals surface area contributed by atoms with Crippen molar-refractivity contribution in [2.75, 3.05) is 13.1 Å². The highest BCUT2D eigenvalue weighted by atomic mass is 35.5. The number of alkyl halides is 2. The zero-order valence-corrected chi connectivity index (χ0v) is 9.88. The van der Waals surface area contributed by atoms with Crippen molar-refractivity contribution in [3.63, 3.8) is 0 Å². The Hall–Kier alpha value is -1.16. The molecule has 0 aliphatic carbocycles. The minimum absolute atomic E-state index is 0.0956. The number of carbonyl (C=O) groups excluding carboxylic acids is 1. The maximum absolute atomic E-state index is 12.9. The molecule has 2 nitrogen and oxygen atoms in total. The highest BCUT2D eigenvalue weighted by Crippen LogP contribution is 2.28. The number of halogens is 3. The van der Waals surface area contributed by atoms with Crippen LogP contribution in [-0.4, -0.2) is 29.8 Å². The molecule has 17 heavy (non-hydrogen) atoms. The van der Waals surface area contributed by atoms with E-state index in [1.165, 1.54) is 4.90 Å². The van der Waals surface area contributed by atoms with Crippen molar-refractivity contribution in [1.82, 2.24) is 4.90 Å². The lowest BCUT2D eigenvalue weighted by atomic mass is 10.1. The molecule has 0 saturated carbocycles. The zero-order valence-electron chi connectivity index (χ0n) is 9.13. The summed E-state index contributed by atoms with van der Waals surface area (Å²) in [5.41, 5.74) is 0.447. The first-order chi connectivity index (χ1) is 7.98. The zero-order chi connectivity index (χ0) is 12.5. The van der Waals surface area contributed by atoms with Gasteiger partial charge in [-0.25, -0.2) is 8.78 Å². The second-order valence-corrected chi connectivity index (χ2v) is 4.59. The molecule has 1 aromatic rings. The normalized spacial score (nSPS) is 19.1. The Morgan fingerprint density at radius 2 is 1.94 bits per heavy atom. The summed E-state index contributed by atoms with van der Waals surface area (Å²) in [5, 5.41) is 0.471. The van der Waals surface area contributed by atoms with Crippen molar-refractivity contribution in [1.29, 1.82) is 0 Å². The standard InChI is InChI=1S/C12H12ClF2NO/c13-10-3-1-2-9(8-10)11(17)16-6-4-12(14,15)5-7-16/h1-3,8H,4-7H2. The van der Waals surface area contributed by atoms with Crippen LogP contribution < -0.4 is 0 Å². The predicted octanol–water partition coefficient (Wildman–Crippen LogP) is 3.21. The van der Waals surface area contributed by atoms with Crippen molar-refractivity contribution in [2.24, 2.45) is 0 Å². The lowest BCUT2D eigenvalue weighted by Crippen LogP contribution is -2.42. The summed E-state index contributed by atoms with van der Waals surface area (Å²) in [7, 11) is 0. The third kappa shape index (κ3) is 2.94.